The van der Waals surface area contributed by atoms with E-state index in [4.69, 9.17) is 0 Å². The second kappa shape index (κ2) is 8.82. The van der Waals surface area contributed by atoms with Gasteiger partial charge < -0.3 is 0 Å². The Morgan fingerprint density at radius 3 is 2.22 bits per heavy atom. The largest absolute Gasteiger partial charge is 0.147 e. The van der Waals surface area contributed by atoms with Crippen LogP contribution in [0, 0.1) is 6.07 Å². The third-order valence-electron chi connectivity index (χ3n) is 4.10. The first kappa shape index (κ1) is 20.2. The number of rotatable bonds is 2. The summed E-state index contributed by atoms with van der Waals surface area (Å²) in [5.74, 6) is 0. The Morgan fingerprint density at radius 1 is 0.739 bits per heavy atom. The first-order valence-electron chi connectivity index (χ1n) is 7.06. The van der Waals surface area contributed by atoms with Crippen LogP contribution in [0.25, 0.3) is 11.6 Å². The van der Waals surface area contributed by atoms with Crippen molar-refractivity contribution in [2.45, 2.75) is 12.8 Å². The Hall–Kier alpha value is -0.890. The number of allylic oxidation sites excluding steroid dienone is 5. The molecule has 0 saturated carbocycles. The van der Waals surface area contributed by atoms with E-state index in [1.807, 2.05) is 12.1 Å². The second-order valence-corrected chi connectivity index (χ2v) is 5.38. The smallest absolute Gasteiger partial charge is 0 e. The Kier molecular flexibility index (Phi) is 7.73. The Bertz CT molecular complexity index is 758. The summed E-state index contributed by atoms with van der Waals surface area (Å²) in [6, 6.07) is 20.2. The summed E-state index contributed by atoms with van der Waals surface area (Å²) in [6.45, 7) is 0. The fourth-order valence-corrected chi connectivity index (χ4v) is 3.01. The third-order valence-corrected chi connectivity index (χ3v) is 4.10. The molecule has 0 amide bonds. The van der Waals surface area contributed by atoms with E-state index in [0.717, 1.165) is 12.8 Å². The van der Waals surface area contributed by atoms with Crippen LogP contribution in [0.4, 0.5) is 0 Å². The van der Waals surface area contributed by atoms with Crippen molar-refractivity contribution in [3.05, 3.63) is 94.6 Å². The van der Waals surface area contributed by atoms with Crippen molar-refractivity contribution in [2.24, 2.45) is 0 Å². The van der Waals surface area contributed by atoms with Gasteiger partial charge in [0.15, 0.2) is 0 Å². The van der Waals surface area contributed by atoms with Crippen molar-refractivity contribution in [2.75, 3.05) is 0 Å². The van der Waals surface area contributed by atoms with E-state index in [-0.39, 0.29) is 50.7 Å². The van der Waals surface area contributed by atoms with Crippen LogP contribution in [0.2, 0.25) is 0 Å². The van der Waals surface area contributed by atoms with Crippen molar-refractivity contribution >= 4 is 36.5 Å². The van der Waals surface area contributed by atoms with E-state index in [1.54, 1.807) is 0 Å². The maximum Gasteiger partial charge on any atom is 0 e. The molecule has 0 aromatic heterocycles. The predicted octanol–water partition coefficient (Wildman–Crippen LogP) is 5.68. The average molecular weight is 507 g/mol. The zero-order valence-corrected chi connectivity index (χ0v) is 17.8. The SMILES string of the molecule is Cl.Cl.[Hf].[c-]1ccccc1C1=CC=C(C2=Cc3ccccc3C2)C1. The molecule has 0 atom stereocenters. The van der Waals surface area contributed by atoms with Gasteiger partial charge in [0.25, 0.3) is 0 Å². The van der Waals surface area contributed by atoms with E-state index in [1.165, 1.54) is 33.4 Å². The Morgan fingerprint density at radius 2 is 1.48 bits per heavy atom. The first-order chi connectivity index (χ1) is 9.90. The van der Waals surface area contributed by atoms with Gasteiger partial charge >= 0.3 is 0 Å². The van der Waals surface area contributed by atoms with Gasteiger partial charge in [-0.2, -0.15) is 0 Å². The fourth-order valence-electron chi connectivity index (χ4n) is 3.01. The molecule has 0 N–H and O–H groups in total. The molecule has 2 aromatic carbocycles. The molecule has 2 aliphatic rings. The van der Waals surface area contributed by atoms with E-state index >= 15 is 0 Å². The number of fused-ring (bicyclic) bond motifs is 1. The molecule has 0 heterocycles. The molecule has 0 bridgehead atoms. The minimum absolute atomic E-state index is 0. The molecule has 0 radical (unpaired) electrons. The Balaban J connectivity index is 0.000000882. The predicted molar refractivity (Wildman–Crippen MR) is 98.6 cm³/mol. The van der Waals surface area contributed by atoms with Crippen LogP contribution in [-0.2, 0) is 32.3 Å². The zero-order valence-electron chi connectivity index (χ0n) is 12.6. The first-order valence-corrected chi connectivity index (χ1v) is 7.06. The molecule has 23 heavy (non-hydrogen) atoms. The molecule has 2 aliphatic carbocycles. The van der Waals surface area contributed by atoms with Gasteiger partial charge in [-0.25, -0.2) is 0 Å². The van der Waals surface area contributed by atoms with Gasteiger partial charge in [0.05, 0.1) is 0 Å². The molecule has 0 saturated heterocycles. The summed E-state index contributed by atoms with van der Waals surface area (Å²) in [5, 5.41) is 0. The van der Waals surface area contributed by atoms with Crippen LogP contribution >= 0.6 is 24.8 Å². The number of halogens is 2. The fraction of sp³-hybridized carbons (Fsp3) is 0.100. The van der Waals surface area contributed by atoms with Crippen LogP contribution in [0.1, 0.15) is 23.1 Å². The molecule has 116 valence electrons. The van der Waals surface area contributed by atoms with Crippen LogP contribution in [-0.4, -0.2) is 0 Å². The average Bonchev–Trinajstić information content (AvgIpc) is 3.14. The number of hydrogen-bond donors (Lipinski definition) is 0. The maximum absolute atomic E-state index is 3.32. The molecule has 0 fully saturated rings. The number of benzene rings is 2. The van der Waals surface area contributed by atoms with Crippen LogP contribution < -0.4 is 0 Å². The molecule has 4 rings (SSSR count). The van der Waals surface area contributed by atoms with Gasteiger partial charge in [-0.3, -0.25) is 0 Å². The monoisotopic (exact) mass is 507 g/mol. The molecular weight excluding hydrogens is 490 g/mol. The van der Waals surface area contributed by atoms with Crippen LogP contribution in [0.15, 0.2) is 71.8 Å². The molecule has 0 spiro atoms. The van der Waals surface area contributed by atoms with Crippen LogP contribution in [0.3, 0.4) is 0 Å². The number of hydrogen-bond acceptors (Lipinski definition) is 0. The third kappa shape index (κ3) is 4.15. The van der Waals surface area contributed by atoms with E-state index in [0.29, 0.717) is 0 Å². The summed E-state index contributed by atoms with van der Waals surface area (Å²) in [6.07, 6.45) is 8.95. The summed E-state index contributed by atoms with van der Waals surface area (Å²) in [5.41, 5.74) is 8.33. The van der Waals surface area contributed by atoms with E-state index in [9.17, 15) is 0 Å². The quantitative estimate of drug-likeness (QED) is 0.363. The van der Waals surface area contributed by atoms with Crippen LogP contribution in [0.5, 0.6) is 0 Å². The standard InChI is InChI=1S/C20H15.2ClH.Hf/c1-2-6-15(7-3-1)18-10-11-19(12-18)20-13-16-8-4-5-9-17(16)14-20;;;/h1-6,8-11,13H,12,14H2;2*1H;/q-1;;;. The summed E-state index contributed by atoms with van der Waals surface area (Å²) in [7, 11) is 0. The van der Waals surface area contributed by atoms with Crippen molar-refractivity contribution in [3.63, 3.8) is 0 Å². The molecule has 0 unspecified atom stereocenters. The van der Waals surface area contributed by atoms with Gasteiger partial charge in [0, 0.05) is 25.8 Å². The maximum atomic E-state index is 3.32. The summed E-state index contributed by atoms with van der Waals surface area (Å²) < 4.78 is 0. The van der Waals surface area contributed by atoms with Crippen molar-refractivity contribution in [3.8, 4) is 0 Å². The van der Waals surface area contributed by atoms with E-state index < -0.39 is 0 Å². The van der Waals surface area contributed by atoms with Gasteiger partial charge in [-0.05, 0) is 35.1 Å². The topological polar surface area (TPSA) is 0 Å². The molecular formula is C20H17Cl2Hf-. The minimum atomic E-state index is 0. The molecule has 0 aliphatic heterocycles. The van der Waals surface area contributed by atoms with Crippen molar-refractivity contribution in [1.29, 1.82) is 0 Å². The Labute approximate surface area is 169 Å². The van der Waals surface area contributed by atoms with Gasteiger partial charge in [-0.15, -0.1) is 66.3 Å². The normalized spacial score (nSPS) is 14.3. The van der Waals surface area contributed by atoms with E-state index in [2.05, 4.69) is 60.7 Å². The molecule has 0 nitrogen and oxygen atoms in total. The van der Waals surface area contributed by atoms with Crippen molar-refractivity contribution < 1.29 is 25.8 Å². The molecule has 2 aromatic rings. The summed E-state index contributed by atoms with van der Waals surface area (Å²) in [4.78, 5) is 0. The summed E-state index contributed by atoms with van der Waals surface area (Å²) >= 11 is 0. The van der Waals surface area contributed by atoms with Gasteiger partial charge in [0.2, 0.25) is 0 Å². The van der Waals surface area contributed by atoms with Gasteiger partial charge in [0.1, 0.15) is 0 Å². The van der Waals surface area contributed by atoms with Crippen molar-refractivity contribution in [1.82, 2.24) is 0 Å². The van der Waals surface area contributed by atoms with Gasteiger partial charge in [-0.1, -0.05) is 42.5 Å². The second-order valence-electron chi connectivity index (χ2n) is 5.38. The minimum Gasteiger partial charge on any atom is -0.147 e. The molecule has 3 heteroatoms. The zero-order chi connectivity index (χ0) is 13.4.